The average Bonchev–Trinajstić information content (AvgIpc) is 2.24. The summed E-state index contributed by atoms with van der Waals surface area (Å²) >= 11 is 0. The van der Waals surface area contributed by atoms with Gasteiger partial charge in [0.25, 0.3) is 0 Å². The molecule has 0 heterocycles. The minimum Gasteiger partial charge on any atom is -0.505 e. The topological polar surface area (TPSA) is 20.2 Å². The molecule has 0 saturated heterocycles. The summed E-state index contributed by atoms with van der Waals surface area (Å²) in [7, 11) is 0. The Morgan fingerprint density at radius 3 is 2.20 bits per heavy atom. The van der Waals surface area contributed by atoms with Crippen LogP contribution in [-0.4, -0.2) is 5.11 Å². The maximum atomic E-state index is 13.4. The molecule has 0 aromatic heterocycles. The second kappa shape index (κ2) is 3.69. The number of hydrogen-bond donors (Lipinski definition) is 1. The van der Waals surface area contributed by atoms with E-state index in [1.807, 2.05) is 0 Å². The zero-order valence-corrected chi connectivity index (χ0v) is 7.74. The van der Waals surface area contributed by atoms with E-state index < -0.39 is 11.6 Å². The van der Waals surface area contributed by atoms with E-state index in [-0.39, 0.29) is 11.4 Å². The molecule has 76 valence electrons. The number of aromatic hydroxyl groups is 1. The van der Waals surface area contributed by atoms with Crippen molar-refractivity contribution >= 4 is 0 Å². The Morgan fingerprint density at radius 1 is 0.867 bits per heavy atom. The summed E-state index contributed by atoms with van der Waals surface area (Å²) in [5, 5.41) is 9.17. The van der Waals surface area contributed by atoms with Crippen molar-refractivity contribution in [2.24, 2.45) is 0 Å². The largest absolute Gasteiger partial charge is 0.505 e. The fourth-order valence-corrected chi connectivity index (χ4v) is 1.37. The van der Waals surface area contributed by atoms with Gasteiger partial charge in [0.15, 0.2) is 11.6 Å². The van der Waals surface area contributed by atoms with E-state index in [1.54, 1.807) is 0 Å². The first-order valence-corrected chi connectivity index (χ1v) is 4.42. The molecule has 0 fully saturated rings. The molecule has 0 atom stereocenters. The number of halogens is 2. The molecule has 0 spiro atoms. The van der Waals surface area contributed by atoms with Crippen LogP contribution in [0.15, 0.2) is 42.5 Å². The van der Waals surface area contributed by atoms with Gasteiger partial charge in [-0.05, 0) is 23.8 Å². The van der Waals surface area contributed by atoms with Gasteiger partial charge in [-0.25, -0.2) is 8.78 Å². The van der Waals surface area contributed by atoms with E-state index in [0.29, 0.717) is 5.56 Å². The molecule has 0 aliphatic rings. The highest BCUT2D eigenvalue weighted by Crippen LogP contribution is 2.28. The smallest absolute Gasteiger partial charge is 0.172 e. The third-order valence-corrected chi connectivity index (χ3v) is 2.13. The molecule has 3 heteroatoms. The van der Waals surface area contributed by atoms with E-state index in [2.05, 4.69) is 0 Å². The Kier molecular flexibility index (Phi) is 2.37. The maximum absolute atomic E-state index is 13.4. The van der Waals surface area contributed by atoms with Crippen molar-refractivity contribution in [1.82, 2.24) is 0 Å². The van der Waals surface area contributed by atoms with Crippen molar-refractivity contribution in [2.45, 2.75) is 0 Å². The minimum atomic E-state index is -0.691. The summed E-state index contributed by atoms with van der Waals surface area (Å²) in [4.78, 5) is 0. The standard InChI is InChI=1S/C12H8F2O/c13-9-6-4-8(5-7-9)10-2-1-3-11(15)12(10)14/h1-7,15H. The Bertz CT molecular complexity index is 477. The molecule has 0 aliphatic heterocycles. The summed E-state index contributed by atoms with van der Waals surface area (Å²) in [5.41, 5.74) is 0.791. The van der Waals surface area contributed by atoms with Gasteiger partial charge < -0.3 is 5.11 Å². The number of hydrogen-bond acceptors (Lipinski definition) is 1. The van der Waals surface area contributed by atoms with Crippen LogP contribution < -0.4 is 0 Å². The molecular formula is C12H8F2O. The summed E-state index contributed by atoms with van der Waals surface area (Å²) < 4.78 is 26.1. The first-order valence-electron chi connectivity index (χ1n) is 4.42. The minimum absolute atomic E-state index is 0.259. The van der Waals surface area contributed by atoms with Gasteiger partial charge >= 0.3 is 0 Å². The predicted octanol–water partition coefficient (Wildman–Crippen LogP) is 3.34. The third kappa shape index (κ3) is 1.81. The van der Waals surface area contributed by atoms with Crippen LogP contribution in [0.25, 0.3) is 11.1 Å². The molecule has 0 bridgehead atoms. The van der Waals surface area contributed by atoms with Gasteiger partial charge in [-0.3, -0.25) is 0 Å². The molecule has 1 nitrogen and oxygen atoms in total. The molecule has 1 N–H and O–H groups in total. The van der Waals surface area contributed by atoms with Gasteiger partial charge in [0.2, 0.25) is 0 Å². The Morgan fingerprint density at radius 2 is 1.53 bits per heavy atom. The van der Waals surface area contributed by atoms with Crippen LogP contribution >= 0.6 is 0 Å². The molecule has 2 aromatic carbocycles. The number of rotatable bonds is 1. The Balaban J connectivity index is 2.54. The molecule has 0 aliphatic carbocycles. The lowest BCUT2D eigenvalue weighted by molar-refractivity contribution is 0.433. The van der Waals surface area contributed by atoms with Crippen molar-refractivity contribution in [3.8, 4) is 16.9 Å². The van der Waals surface area contributed by atoms with Crippen LogP contribution in [0, 0.1) is 11.6 Å². The fourth-order valence-electron chi connectivity index (χ4n) is 1.37. The quantitative estimate of drug-likeness (QED) is 0.758. The summed E-state index contributed by atoms with van der Waals surface area (Å²) in [6, 6.07) is 9.76. The normalized spacial score (nSPS) is 10.3. The van der Waals surface area contributed by atoms with Gasteiger partial charge in [0.05, 0.1) is 0 Å². The van der Waals surface area contributed by atoms with Gasteiger partial charge in [-0.1, -0.05) is 24.3 Å². The first kappa shape index (κ1) is 9.65. The molecule has 0 radical (unpaired) electrons. The van der Waals surface area contributed by atoms with Crippen molar-refractivity contribution in [3.63, 3.8) is 0 Å². The number of phenols is 1. The summed E-state index contributed by atoms with van der Waals surface area (Å²) in [6.07, 6.45) is 0. The first-order chi connectivity index (χ1) is 7.18. The van der Waals surface area contributed by atoms with Crippen LogP contribution in [0.3, 0.4) is 0 Å². The highest BCUT2D eigenvalue weighted by Gasteiger charge is 2.08. The highest BCUT2D eigenvalue weighted by atomic mass is 19.1. The fraction of sp³-hybridized carbons (Fsp3) is 0. The molecule has 2 rings (SSSR count). The predicted molar refractivity (Wildman–Crippen MR) is 53.5 cm³/mol. The lowest BCUT2D eigenvalue weighted by atomic mass is 10.0. The van der Waals surface area contributed by atoms with Crippen LogP contribution in [0.4, 0.5) is 8.78 Å². The number of benzene rings is 2. The van der Waals surface area contributed by atoms with E-state index in [1.165, 1.54) is 42.5 Å². The highest BCUT2D eigenvalue weighted by molar-refractivity contribution is 5.65. The maximum Gasteiger partial charge on any atom is 0.172 e. The second-order valence-electron chi connectivity index (χ2n) is 3.15. The molecular weight excluding hydrogens is 198 g/mol. The molecule has 2 aromatic rings. The van der Waals surface area contributed by atoms with E-state index >= 15 is 0 Å². The van der Waals surface area contributed by atoms with Crippen LogP contribution in [0.1, 0.15) is 0 Å². The second-order valence-corrected chi connectivity index (χ2v) is 3.15. The van der Waals surface area contributed by atoms with Crippen LogP contribution in [-0.2, 0) is 0 Å². The van der Waals surface area contributed by atoms with Gasteiger partial charge in [-0.2, -0.15) is 0 Å². The summed E-state index contributed by atoms with van der Waals surface area (Å²) in [6.45, 7) is 0. The van der Waals surface area contributed by atoms with Gasteiger partial charge in [0, 0.05) is 5.56 Å². The third-order valence-electron chi connectivity index (χ3n) is 2.13. The Labute approximate surface area is 85.6 Å². The van der Waals surface area contributed by atoms with Crippen LogP contribution in [0.2, 0.25) is 0 Å². The molecule has 0 unspecified atom stereocenters. The van der Waals surface area contributed by atoms with Gasteiger partial charge in [-0.15, -0.1) is 0 Å². The average molecular weight is 206 g/mol. The van der Waals surface area contributed by atoms with E-state index in [9.17, 15) is 8.78 Å². The van der Waals surface area contributed by atoms with E-state index in [0.717, 1.165) is 0 Å². The van der Waals surface area contributed by atoms with Crippen molar-refractivity contribution in [1.29, 1.82) is 0 Å². The lowest BCUT2D eigenvalue weighted by Gasteiger charge is -2.04. The van der Waals surface area contributed by atoms with Crippen molar-refractivity contribution < 1.29 is 13.9 Å². The molecule has 0 saturated carbocycles. The zero-order valence-electron chi connectivity index (χ0n) is 7.74. The monoisotopic (exact) mass is 206 g/mol. The zero-order chi connectivity index (χ0) is 10.8. The SMILES string of the molecule is Oc1cccc(-c2ccc(F)cc2)c1F. The molecule has 15 heavy (non-hydrogen) atoms. The van der Waals surface area contributed by atoms with Crippen molar-refractivity contribution in [2.75, 3.05) is 0 Å². The van der Waals surface area contributed by atoms with Gasteiger partial charge in [0.1, 0.15) is 5.82 Å². The summed E-state index contributed by atoms with van der Waals surface area (Å²) in [5.74, 6) is -1.47. The van der Waals surface area contributed by atoms with Crippen LogP contribution in [0.5, 0.6) is 5.75 Å². The lowest BCUT2D eigenvalue weighted by Crippen LogP contribution is -1.85. The number of phenolic OH excluding ortho intramolecular Hbond substituents is 1. The Hall–Kier alpha value is -1.90. The van der Waals surface area contributed by atoms with E-state index in [4.69, 9.17) is 5.11 Å². The van der Waals surface area contributed by atoms with Crippen molar-refractivity contribution in [3.05, 3.63) is 54.1 Å². The molecule has 0 amide bonds.